The van der Waals surface area contributed by atoms with E-state index in [1.54, 1.807) is 0 Å². The molecule has 0 amide bonds. The highest BCUT2D eigenvalue weighted by Gasteiger charge is 2.06. The van der Waals surface area contributed by atoms with Crippen molar-refractivity contribution in [3.63, 3.8) is 0 Å². The molecule has 0 saturated carbocycles. The van der Waals surface area contributed by atoms with E-state index in [9.17, 15) is 0 Å². The van der Waals surface area contributed by atoms with E-state index in [1.165, 1.54) is 51.4 Å². The predicted octanol–water partition coefficient (Wildman–Crippen LogP) is 5.42. The van der Waals surface area contributed by atoms with Gasteiger partial charge in [0, 0.05) is 6.61 Å². The molecule has 2 atom stereocenters. The topological polar surface area (TPSA) is 20.2 Å². The molecule has 110 valence electrons. The van der Waals surface area contributed by atoms with Gasteiger partial charge in [-0.25, -0.2) is 0 Å². The molecule has 1 heteroatoms. The van der Waals surface area contributed by atoms with Gasteiger partial charge in [-0.3, -0.25) is 0 Å². The van der Waals surface area contributed by atoms with Gasteiger partial charge in [0.25, 0.3) is 0 Å². The average Bonchev–Trinajstić information content (AvgIpc) is 2.32. The molecule has 0 spiro atoms. The summed E-state index contributed by atoms with van der Waals surface area (Å²) < 4.78 is 0. The Bertz CT molecular complexity index is 165. The summed E-state index contributed by atoms with van der Waals surface area (Å²) in [6.45, 7) is 9.80. The molecule has 0 heterocycles. The van der Waals surface area contributed by atoms with Crippen LogP contribution in [0.25, 0.3) is 0 Å². The fourth-order valence-electron chi connectivity index (χ4n) is 2.50. The normalized spacial score (nSPS) is 15.0. The SMILES string of the molecule is CC(C)CC[C@H](C)CCC[C@@H](C)CCCCCO. The summed E-state index contributed by atoms with van der Waals surface area (Å²) in [6.07, 6.45) is 11.8. The maximum absolute atomic E-state index is 8.72. The Hall–Kier alpha value is -0.0400. The number of hydrogen-bond acceptors (Lipinski definition) is 1. The van der Waals surface area contributed by atoms with Crippen molar-refractivity contribution in [2.45, 2.75) is 85.5 Å². The monoisotopic (exact) mass is 256 g/mol. The van der Waals surface area contributed by atoms with Gasteiger partial charge in [0.2, 0.25) is 0 Å². The van der Waals surface area contributed by atoms with Gasteiger partial charge in [0.15, 0.2) is 0 Å². The second-order valence-corrected chi connectivity index (χ2v) is 6.69. The van der Waals surface area contributed by atoms with Crippen molar-refractivity contribution in [3.05, 3.63) is 0 Å². The first-order chi connectivity index (χ1) is 8.56. The molecule has 0 rings (SSSR count). The zero-order chi connectivity index (χ0) is 13.8. The Morgan fingerprint density at radius 2 is 1.17 bits per heavy atom. The highest BCUT2D eigenvalue weighted by molar-refractivity contribution is 4.59. The lowest BCUT2D eigenvalue weighted by Gasteiger charge is -2.15. The maximum Gasteiger partial charge on any atom is 0.0431 e. The van der Waals surface area contributed by atoms with E-state index in [0.29, 0.717) is 6.61 Å². The van der Waals surface area contributed by atoms with E-state index in [1.807, 2.05) is 0 Å². The Balaban J connectivity index is 3.35. The lowest BCUT2D eigenvalue weighted by molar-refractivity contribution is 0.280. The van der Waals surface area contributed by atoms with E-state index in [0.717, 1.165) is 24.2 Å². The van der Waals surface area contributed by atoms with Crippen molar-refractivity contribution < 1.29 is 5.11 Å². The Labute approximate surface area is 115 Å². The van der Waals surface area contributed by atoms with Crippen LogP contribution >= 0.6 is 0 Å². The molecule has 1 N–H and O–H groups in total. The van der Waals surface area contributed by atoms with Crippen LogP contribution < -0.4 is 0 Å². The molecule has 0 aliphatic rings. The zero-order valence-corrected chi connectivity index (χ0v) is 13.3. The lowest BCUT2D eigenvalue weighted by atomic mass is 9.91. The van der Waals surface area contributed by atoms with Crippen LogP contribution in [0.2, 0.25) is 0 Å². The molecule has 0 aromatic rings. The molecule has 0 aliphatic carbocycles. The van der Waals surface area contributed by atoms with Crippen molar-refractivity contribution >= 4 is 0 Å². The minimum absolute atomic E-state index is 0.363. The van der Waals surface area contributed by atoms with E-state index in [2.05, 4.69) is 27.7 Å². The zero-order valence-electron chi connectivity index (χ0n) is 13.3. The van der Waals surface area contributed by atoms with Gasteiger partial charge in [-0.1, -0.05) is 79.1 Å². The van der Waals surface area contributed by atoms with Gasteiger partial charge < -0.3 is 5.11 Å². The summed E-state index contributed by atoms with van der Waals surface area (Å²) in [4.78, 5) is 0. The van der Waals surface area contributed by atoms with E-state index in [4.69, 9.17) is 5.11 Å². The quantitative estimate of drug-likeness (QED) is 0.462. The van der Waals surface area contributed by atoms with Crippen molar-refractivity contribution in [2.75, 3.05) is 6.61 Å². The molecule has 18 heavy (non-hydrogen) atoms. The summed E-state index contributed by atoms with van der Waals surface area (Å²) in [5.74, 6) is 2.65. The third kappa shape index (κ3) is 12.4. The van der Waals surface area contributed by atoms with E-state index < -0.39 is 0 Å². The van der Waals surface area contributed by atoms with Gasteiger partial charge in [-0.2, -0.15) is 0 Å². The number of aliphatic hydroxyl groups excluding tert-OH is 1. The van der Waals surface area contributed by atoms with Crippen LogP contribution in [0.3, 0.4) is 0 Å². The van der Waals surface area contributed by atoms with Crippen molar-refractivity contribution in [2.24, 2.45) is 17.8 Å². The van der Waals surface area contributed by atoms with Gasteiger partial charge in [-0.05, 0) is 24.2 Å². The largest absolute Gasteiger partial charge is 0.396 e. The van der Waals surface area contributed by atoms with Crippen LogP contribution in [0.4, 0.5) is 0 Å². The molecule has 0 bridgehead atoms. The summed E-state index contributed by atoms with van der Waals surface area (Å²) in [7, 11) is 0. The molecular weight excluding hydrogens is 220 g/mol. The van der Waals surface area contributed by atoms with Crippen LogP contribution in [0.15, 0.2) is 0 Å². The van der Waals surface area contributed by atoms with Crippen LogP contribution in [-0.4, -0.2) is 11.7 Å². The van der Waals surface area contributed by atoms with Gasteiger partial charge in [-0.15, -0.1) is 0 Å². The molecular formula is C17H36O. The minimum Gasteiger partial charge on any atom is -0.396 e. The molecule has 0 saturated heterocycles. The fourth-order valence-corrected chi connectivity index (χ4v) is 2.50. The maximum atomic E-state index is 8.72. The third-order valence-corrected chi connectivity index (χ3v) is 3.99. The van der Waals surface area contributed by atoms with Crippen LogP contribution in [0.1, 0.15) is 85.5 Å². The first-order valence-corrected chi connectivity index (χ1v) is 8.17. The van der Waals surface area contributed by atoms with Crippen LogP contribution in [0, 0.1) is 17.8 Å². The Kier molecular flexibility index (Phi) is 12.0. The van der Waals surface area contributed by atoms with Gasteiger partial charge in [0.1, 0.15) is 0 Å². The minimum atomic E-state index is 0.363. The summed E-state index contributed by atoms with van der Waals surface area (Å²) in [5, 5.41) is 8.72. The van der Waals surface area contributed by atoms with Gasteiger partial charge in [0.05, 0.1) is 0 Å². The lowest BCUT2D eigenvalue weighted by Crippen LogP contribution is -2.01. The Morgan fingerprint density at radius 3 is 1.72 bits per heavy atom. The van der Waals surface area contributed by atoms with Crippen molar-refractivity contribution in [1.29, 1.82) is 0 Å². The van der Waals surface area contributed by atoms with Crippen molar-refractivity contribution in [1.82, 2.24) is 0 Å². The van der Waals surface area contributed by atoms with Crippen LogP contribution in [0.5, 0.6) is 0 Å². The third-order valence-electron chi connectivity index (χ3n) is 3.99. The molecule has 0 radical (unpaired) electrons. The second kappa shape index (κ2) is 12.0. The highest BCUT2D eigenvalue weighted by atomic mass is 16.2. The van der Waals surface area contributed by atoms with Crippen molar-refractivity contribution in [3.8, 4) is 0 Å². The summed E-state index contributed by atoms with van der Waals surface area (Å²) >= 11 is 0. The Morgan fingerprint density at radius 1 is 0.611 bits per heavy atom. The second-order valence-electron chi connectivity index (χ2n) is 6.69. The molecule has 0 fully saturated rings. The molecule has 0 aromatic carbocycles. The predicted molar refractivity (Wildman–Crippen MR) is 81.8 cm³/mol. The smallest absolute Gasteiger partial charge is 0.0431 e. The average molecular weight is 256 g/mol. The number of hydrogen-bond donors (Lipinski definition) is 1. The first kappa shape index (κ1) is 18.0. The number of rotatable bonds is 12. The number of aliphatic hydroxyl groups is 1. The molecule has 0 aliphatic heterocycles. The van der Waals surface area contributed by atoms with Gasteiger partial charge >= 0.3 is 0 Å². The molecule has 0 aromatic heterocycles. The highest BCUT2D eigenvalue weighted by Crippen LogP contribution is 2.21. The standard InChI is InChI=1S/C17H36O/c1-15(2)12-13-17(4)11-8-10-16(3)9-6-5-7-14-18/h15-18H,5-14H2,1-4H3/t16-,17+/m0/s1. The van der Waals surface area contributed by atoms with Crippen LogP contribution in [-0.2, 0) is 0 Å². The van der Waals surface area contributed by atoms with E-state index in [-0.39, 0.29) is 0 Å². The first-order valence-electron chi connectivity index (χ1n) is 8.17. The number of unbranched alkanes of at least 4 members (excludes halogenated alkanes) is 2. The summed E-state index contributed by atoms with van der Waals surface area (Å²) in [6, 6.07) is 0. The molecule has 0 unspecified atom stereocenters. The fraction of sp³-hybridized carbons (Fsp3) is 1.00. The molecule has 1 nitrogen and oxygen atoms in total. The summed E-state index contributed by atoms with van der Waals surface area (Å²) in [5.41, 5.74) is 0. The van der Waals surface area contributed by atoms with E-state index >= 15 is 0 Å².